The molecule has 560 valence electrons. The van der Waals surface area contributed by atoms with Crippen molar-refractivity contribution in [3.63, 3.8) is 0 Å². The number of nitrogens with zero attached hydrogens (tertiary/aromatic N) is 9. The van der Waals surface area contributed by atoms with Crippen LogP contribution in [0.1, 0.15) is 93.9 Å². The Hall–Kier alpha value is -13.0. The van der Waals surface area contributed by atoms with E-state index in [2.05, 4.69) is 94.2 Å². The predicted molar refractivity (Wildman–Crippen MR) is 398 cm³/mol. The quantitative estimate of drug-likeness (QED) is 0.0202. The van der Waals surface area contributed by atoms with Gasteiger partial charge in [0, 0.05) is 171 Å². The highest BCUT2D eigenvalue weighted by Gasteiger charge is 2.54. The van der Waals surface area contributed by atoms with Crippen molar-refractivity contribution in [3.8, 4) is 45.4 Å². The van der Waals surface area contributed by atoms with Gasteiger partial charge >= 0.3 is 17.3 Å². The van der Waals surface area contributed by atoms with Gasteiger partial charge < -0.3 is 74.6 Å². The molecule has 108 heavy (non-hydrogen) atoms. The van der Waals surface area contributed by atoms with Crippen LogP contribution in [0.25, 0.3) is 33.4 Å². The Kier molecular flexibility index (Phi) is 23.5. The minimum absolute atomic E-state index is 0.0226. The molecule has 1 fully saturated rings. The van der Waals surface area contributed by atoms with E-state index in [1.54, 1.807) is 21.9 Å². The van der Waals surface area contributed by atoms with Gasteiger partial charge in [-0.2, -0.15) is 4.98 Å². The highest BCUT2D eigenvalue weighted by Crippen LogP contribution is 2.57. The van der Waals surface area contributed by atoms with Crippen LogP contribution in [0.15, 0.2) is 153 Å². The van der Waals surface area contributed by atoms with Gasteiger partial charge in [-0.05, 0) is 113 Å². The molecular weight excluding hydrogens is 1390 g/mol. The number of fused-ring (bicyclic) bond motifs is 8. The van der Waals surface area contributed by atoms with Gasteiger partial charge in [-0.25, -0.2) is 19.0 Å². The molecule has 5 aliphatic rings. The molecule has 2 aromatic heterocycles. The zero-order valence-corrected chi connectivity index (χ0v) is 60.2. The van der Waals surface area contributed by atoms with Crippen molar-refractivity contribution in [1.29, 1.82) is 0 Å². The maximum Gasteiger partial charge on any atom is 0.349 e. The summed E-state index contributed by atoms with van der Waals surface area (Å²) in [6.45, 7) is 13.4. The number of aromatic amines is 1. The van der Waals surface area contributed by atoms with Gasteiger partial charge in [0.25, 0.3) is 17.4 Å². The summed E-state index contributed by atoms with van der Waals surface area (Å²) in [6.07, 6.45) is 3.56. The first-order valence-corrected chi connectivity index (χ1v) is 35.3. The summed E-state index contributed by atoms with van der Waals surface area (Å²) in [4.78, 5) is 165. The molecule has 6 heterocycles. The number of nitrogens with one attached hydrogen (secondary N) is 3. The normalized spacial score (nSPS) is 13.0. The first kappa shape index (κ1) is 76.1. The van der Waals surface area contributed by atoms with E-state index in [4.69, 9.17) is 19.6 Å². The monoisotopic (exact) mass is 1470 g/mol. The van der Waals surface area contributed by atoms with Crippen LogP contribution in [-0.4, -0.2) is 195 Å². The zero-order chi connectivity index (χ0) is 77.1. The number of phenols is 2. The number of H-pyrrole nitrogens is 1. The molecule has 1 spiro atoms. The number of carbonyl (C=O) groups is 9. The standard InChI is InChI=1S/C46H55N9O7.C32H26N4O10/c1-5-50(6-2)32-13-15-36-38(29-32)62-39-30-33(51(7-3)8-4)14-16-37(39)44(36)34-11-9-10-12-35(34)45(60)54-25-23-53(24-26-54)42(58)18-17-41(57)48-20-22-52(27-28-56)43(59)31-55-21-19-40(47)49-46(55)61;1-17-15-36(31(44)34-28(17)41)16-27(40)35(10-11-37)9-8-33-29(42)18-2-5-21-24(12-18)32(46-30(21)43)22-6-3-19(38)13-25(22)45-26-14-20(39)4-7-23(26)32/h9-16,19,21,28-30H,5-8,17-18,20,22-27,31H2,1-4H3,(H2-,47,48,49,57,61);2-7,11-15,38-39H,8-10,16H2,1H3,(H,33,42)(H,34,41,44)/p+1. The van der Waals surface area contributed by atoms with E-state index in [0.717, 1.165) is 84.7 Å². The number of esters is 1. The molecule has 5 aromatic carbocycles. The number of hydrogen-bond acceptors (Lipinski definition) is 20. The highest BCUT2D eigenvalue weighted by atomic mass is 16.6. The van der Waals surface area contributed by atoms with Crippen molar-refractivity contribution in [2.45, 2.75) is 66.2 Å². The van der Waals surface area contributed by atoms with E-state index in [9.17, 15) is 67.7 Å². The second-order valence-corrected chi connectivity index (χ2v) is 25.8. The Bertz CT molecular complexity index is 5190. The van der Waals surface area contributed by atoms with E-state index < -0.39 is 52.8 Å². The molecule has 1 aliphatic carbocycles. The lowest BCUT2D eigenvalue weighted by molar-refractivity contribution is -0.135. The molecule has 30 heteroatoms. The van der Waals surface area contributed by atoms with E-state index in [0.29, 0.717) is 61.0 Å². The summed E-state index contributed by atoms with van der Waals surface area (Å²) in [5, 5.41) is 27.6. The van der Waals surface area contributed by atoms with Crippen LogP contribution in [0.3, 0.4) is 0 Å². The van der Waals surface area contributed by atoms with Crippen LogP contribution >= 0.6 is 0 Å². The van der Waals surface area contributed by atoms with Crippen LogP contribution < -0.4 is 52.9 Å². The summed E-state index contributed by atoms with van der Waals surface area (Å²) in [5.74, 6) is -2.08. The average Bonchev–Trinajstić information content (AvgIpc) is 1.45. The van der Waals surface area contributed by atoms with Gasteiger partial charge in [-0.1, -0.05) is 18.2 Å². The number of aromatic nitrogens is 4. The van der Waals surface area contributed by atoms with Crippen molar-refractivity contribution in [2.75, 3.05) is 102 Å². The number of ether oxygens (including phenoxy) is 2. The number of aldehydes is 2. The van der Waals surface area contributed by atoms with E-state index in [1.807, 2.05) is 24.3 Å². The lowest BCUT2D eigenvalue weighted by Crippen LogP contribution is -2.50. The first-order chi connectivity index (χ1) is 52.0. The van der Waals surface area contributed by atoms with Crippen molar-refractivity contribution < 1.29 is 67.3 Å². The molecule has 0 saturated carbocycles. The van der Waals surface area contributed by atoms with Gasteiger partial charge in [-0.15, -0.1) is 0 Å². The largest absolute Gasteiger partial charge is 0.508 e. The Morgan fingerprint density at radius 3 is 1.95 bits per heavy atom. The number of amides is 6. The van der Waals surface area contributed by atoms with Gasteiger partial charge in [0.1, 0.15) is 78.9 Å². The molecule has 0 atom stereocenters. The SMILES string of the molecule is CCN(CC)c1ccc2c(-c3ccccc3C(=O)N3CCN(C(=O)CCC(=O)NCCN(CC=O)C(=O)Cn4ccc(N)nc4=O)CC3)c3ccc(=[N+](CC)CC)cc-3oc2c1.Cc1cn(CC(=O)N(CC=O)CCNC(=O)c2ccc3c(c2)C2(OC3=O)c3ccc(O)cc3Oc3cc(O)ccc32)c(=O)[nH]c1=O. The minimum Gasteiger partial charge on any atom is -0.508 e. The number of nitrogen functional groups attached to an aromatic ring is 1. The Morgan fingerprint density at radius 2 is 1.31 bits per heavy atom. The smallest absolute Gasteiger partial charge is 0.349 e. The fourth-order valence-corrected chi connectivity index (χ4v) is 13.6. The molecule has 1 saturated heterocycles. The minimum atomic E-state index is -1.56. The number of anilines is 2. The molecule has 12 rings (SSSR count). The summed E-state index contributed by atoms with van der Waals surface area (Å²) in [6, 6.07) is 34.7. The van der Waals surface area contributed by atoms with Crippen molar-refractivity contribution in [1.82, 2.24) is 53.9 Å². The summed E-state index contributed by atoms with van der Waals surface area (Å²) in [5.41, 5.74) is 8.61. The molecule has 30 nitrogen and oxygen atoms in total. The van der Waals surface area contributed by atoms with Gasteiger partial charge in [0.2, 0.25) is 29.0 Å². The third-order valence-electron chi connectivity index (χ3n) is 19.3. The second kappa shape index (κ2) is 33.4. The van der Waals surface area contributed by atoms with Crippen LogP contribution in [0.2, 0.25) is 0 Å². The summed E-state index contributed by atoms with van der Waals surface area (Å²) in [7, 11) is 0. The molecular formula is C78H82N13O17+. The average molecular weight is 1470 g/mol. The number of phenolic OH excluding ortho intramolecular Hbond substituents is 2. The lowest BCUT2D eigenvalue weighted by atomic mass is 9.77. The fourth-order valence-electron chi connectivity index (χ4n) is 13.6. The molecule has 6 amide bonds. The van der Waals surface area contributed by atoms with E-state index in [1.165, 1.54) is 72.7 Å². The number of piperazine rings is 1. The maximum absolute atomic E-state index is 14.4. The van der Waals surface area contributed by atoms with E-state index >= 15 is 0 Å². The van der Waals surface area contributed by atoms with Crippen LogP contribution in [0, 0.1) is 6.92 Å². The van der Waals surface area contributed by atoms with Crippen LogP contribution in [0.5, 0.6) is 23.0 Å². The number of benzene rings is 6. The Morgan fingerprint density at radius 1 is 0.685 bits per heavy atom. The molecule has 7 aromatic rings. The van der Waals surface area contributed by atoms with Crippen molar-refractivity contribution in [2.24, 2.45) is 0 Å². The number of aryl methyl sites for hydroxylation is 1. The predicted octanol–water partition coefficient (Wildman–Crippen LogP) is 4.19. The van der Waals surface area contributed by atoms with Gasteiger partial charge in [-0.3, -0.25) is 47.7 Å². The second-order valence-electron chi connectivity index (χ2n) is 25.8. The van der Waals surface area contributed by atoms with E-state index in [-0.39, 0.29) is 122 Å². The van der Waals surface area contributed by atoms with Crippen molar-refractivity contribution >= 4 is 76.5 Å². The maximum atomic E-state index is 14.4. The lowest BCUT2D eigenvalue weighted by Gasteiger charge is -2.36. The number of rotatable bonds is 25. The Labute approximate surface area is 618 Å². The third-order valence-corrected chi connectivity index (χ3v) is 19.3. The van der Waals surface area contributed by atoms with Gasteiger partial charge in [0.15, 0.2) is 5.60 Å². The number of carbonyl (C=O) groups excluding carboxylic acids is 9. The Balaban J connectivity index is 0.000000224. The highest BCUT2D eigenvalue weighted by molar-refractivity contribution is 6.10. The number of hydrogen-bond donors (Lipinski definition) is 6. The number of nitrogens with two attached hydrogens (primary N) is 1. The first-order valence-electron chi connectivity index (χ1n) is 35.3. The van der Waals surface area contributed by atoms with Gasteiger partial charge in [0.05, 0.1) is 24.7 Å². The number of aromatic hydroxyl groups is 2. The topological polar surface area (TPSA) is 385 Å². The fraction of sp³-hybridized carbons (Fsp3) is 0.308. The van der Waals surface area contributed by atoms with Crippen molar-refractivity contribution in [3.05, 3.63) is 209 Å². The molecule has 0 unspecified atom stereocenters. The molecule has 0 radical (unpaired) electrons. The van der Waals surface area contributed by atoms with Crippen LogP contribution in [-0.2, 0) is 52.2 Å². The zero-order valence-electron chi connectivity index (χ0n) is 60.2. The molecule has 0 bridgehead atoms. The third kappa shape index (κ3) is 16.3. The summed E-state index contributed by atoms with van der Waals surface area (Å²) >= 11 is 0. The van der Waals surface area contributed by atoms with Crippen LogP contribution in [0.4, 0.5) is 11.5 Å². The summed E-state index contributed by atoms with van der Waals surface area (Å²) < 4.78 is 23.0. The molecule has 7 N–H and O–H groups in total. The molecule has 4 aliphatic heterocycles.